The largest absolute Gasteiger partial charge is 0.466 e. The molecule has 1 atom stereocenters. The Morgan fingerprint density at radius 2 is 1.85 bits per heavy atom. The van der Waals surface area contributed by atoms with Crippen LogP contribution >= 0.6 is 26.2 Å². The number of hydrogen-bond donors (Lipinski definition) is 0. The molecule has 0 aromatic heterocycles. The maximum atomic E-state index is 10.8. The number of rotatable bonds is 7. The standard InChI is InChI=1S/C9H19O2P.BrH/c1-2-11-9(10)7-5-3-4-6-8-12;/h2-8,12H2,1H3;1H. The minimum Gasteiger partial charge on any atom is -0.466 e. The molecule has 0 aromatic carbocycles. The number of esters is 1. The van der Waals surface area contributed by atoms with Crippen LogP contribution in [0.4, 0.5) is 0 Å². The van der Waals surface area contributed by atoms with Crippen LogP contribution in [0.15, 0.2) is 0 Å². The van der Waals surface area contributed by atoms with E-state index in [0.29, 0.717) is 13.0 Å². The molecule has 0 radical (unpaired) electrons. The minimum atomic E-state index is -0.0524. The second-order valence-electron chi connectivity index (χ2n) is 2.76. The summed E-state index contributed by atoms with van der Waals surface area (Å²) in [5.41, 5.74) is 0. The first-order valence-corrected chi connectivity index (χ1v) is 5.48. The third-order valence-electron chi connectivity index (χ3n) is 1.64. The fourth-order valence-electron chi connectivity index (χ4n) is 1.00. The molecule has 0 saturated heterocycles. The molecule has 80 valence electrons. The van der Waals surface area contributed by atoms with Crippen molar-refractivity contribution in [3.63, 3.8) is 0 Å². The summed E-state index contributed by atoms with van der Waals surface area (Å²) in [4.78, 5) is 10.8. The van der Waals surface area contributed by atoms with E-state index in [0.717, 1.165) is 12.8 Å². The topological polar surface area (TPSA) is 26.3 Å². The Morgan fingerprint density at radius 3 is 2.38 bits per heavy atom. The zero-order valence-electron chi connectivity index (χ0n) is 8.25. The Kier molecular flexibility index (Phi) is 15.1. The summed E-state index contributed by atoms with van der Waals surface area (Å²) < 4.78 is 4.81. The van der Waals surface area contributed by atoms with Gasteiger partial charge in [-0.15, -0.1) is 26.2 Å². The number of hydrogen-bond acceptors (Lipinski definition) is 2. The summed E-state index contributed by atoms with van der Waals surface area (Å²) in [6.45, 7) is 2.34. The van der Waals surface area contributed by atoms with Crippen LogP contribution in [0.1, 0.15) is 39.0 Å². The van der Waals surface area contributed by atoms with Crippen LogP contribution < -0.4 is 0 Å². The van der Waals surface area contributed by atoms with Gasteiger partial charge < -0.3 is 4.74 Å². The van der Waals surface area contributed by atoms with Crippen molar-refractivity contribution >= 4 is 32.2 Å². The molecule has 1 unspecified atom stereocenters. The summed E-state index contributed by atoms with van der Waals surface area (Å²) in [5, 5.41) is 0. The molecule has 0 spiro atoms. The molecule has 0 aromatic rings. The van der Waals surface area contributed by atoms with E-state index in [9.17, 15) is 4.79 Å². The van der Waals surface area contributed by atoms with Gasteiger partial charge in [-0.05, 0) is 25.9 Å². The fourth-order valence-corrected chi connectivity index (χ4v) is 1.29. The molecule has 0 N–H and O–H groups in total. The van der Waals surface area contributed by atoms with Crippen LogP contribution in [0, 0.1) is 0 Å². The molecule has 0 saturated carbocycles. The lowest BCUT2D eigenvalue weighted by molar-refractivity contribution is -0.143. The van der Waals surface area contributed by atoms with Crippen LogP contribution in [0.5, 0.6) is 0 Å². The summed E-state index contributed by atoms with van der Waals surface area (Å²) in [5.74, 6) is -0.0524. The number of unbranched alkanes of at least 4 members (excludes halogenated alkanes) is 3. The Morgan fingerprint density at radius 1 is 1.23 bits per heavy atom. The quantitative estimate of drug-likeness (QED) is 0.404. The summed E-state index contributed by atoms with van der Waals surface area (Å²) in [7, 11) is 2.71. The number of ether oxygens (including phenoxy) is 1. The van der Waals surface area contributed by atoms with Gasteiger partial charge in [0, 0.05) is 6.42 Å². The molecular weight excluding hydrogens is 251 g/mol. The second kappa shape index (κ2) is 12.4. The highest BCUT2D eigenvalue weighted by Crippen LogP contribution is 2.05. The summed E-state index contributed by atoms with van der Waals surface area (Å²) in [6.07, 6.45) is 6.34. The maximum Gasteiger partial charge on any atom is 0.305 e. The predicted octanol–water partition coefficient (Wildman–Crippen LogP) is 2.95. The number of carbonyl (C=O) groups is 1. The fraction of sp³-hybridized carbons (Fsp3) is 0.889. The van der Waals surface area contributed by atoms with Crippen molar-refractivity contribution in [3.05, 3.63) is 0 Å². The Balaban J connectivity index is 0. The Labute approximate surface area is 93.8 Å². The molecule has 0 heterocycles. The van der Waals surface area contributed by atoms with Crippen LogP contribution in [0.25, 0.3) is 0 Å². The lowest BCUT2D eigenvalue weighted by atomic mass is 10.1. The number of carbonyl (C=O) groups excluding carboxylic acids is 1. The highest BCUT2D eigenvalue weighted by Gasteiger charge is 1.99. The van der Waals surface area contributed by atoms with Gasteiger partial charge in [-0.1, -0.05) is 12.8 Å². The van der Waals surface area contributed by atoms with Crippen LogP contribution in [0.3, 0.4) is 0 Å². The van der Waals surface area contributed by atoms with E-state index in [2.05, 4.69) is 9.24 Å². The van der Waals surface area contributed by atoms with Gasteiger partial charge in [0.2, 0.25) is 0 Å². The first kappa shape index (κ1) is 15.8. The van der Waals surface area contributed by atoms with Crippen molar-refractivity contribution in [3.8, 4) is 0 Å². The molecule has 0 amide bonds. The molecule has 2 nitrogen and oxygen atoms in total. The lowest BCUT2D eigenvalue weighted by Crippen LogP contribution is -2.03. The summed E-state index contributed by atoms with van der Waals surface area (Å²) >= 11 is 0. The Hall–Kier alpha value is 0.380. The summed E-state index contributed by atoms with van der Waals surface area (Å²) in [6, 6.07) is 0. The first-order valence-electron chi connectivity index (χ1n) is 4.67. The predicted molar refractivity (Wildman–Crippen MR) is 64.6 cm³/mol. The van der Waals surface area contributed by atoms with Gasteiger partial charge in [-0.2, -0.15) is 0 Å². The van der Waals surface area contributed by atoms with Gasteiger partial charge in [-0.25, -0.2) is 0 Å². The molecule has 0 aliphatic heterocycles. The van der Waals surface area contributed by atoms with Gasteiger partial charge in [0.1, 0.15) is 0 Å². The van der Waals surface area contributed by atoms with E-state index < -0.39 is 0 Å². The van der Waals surface area contributed by atoms with Crippen LogP contribution in [-0.4, -0.2) is 18.7 Å². The van der Waals surface area contributed by atoms with Gasteiger partial charge in [0.15, 0.2) is 0 Å². The van der Waals surface area contributed by atoms with Gasteiger partial charge >= 0.3 is 5.97 Å². The highest BCUT2D eigenvalue weighted by atomic mass is 79.9. The van der Waals surface area contributed by atoms with E-state index in [1.807, 2.05) is 6.92 Å². The smallest absolute Gasteiger partial charge is 0.305 e. The minimum absolute atomic E-state index is 0. The van der Waals surface area contributed by atoms with Gasteiger partial charge in [-0.3, -0.25) is 4.79 Å². The average molecular weight is 271 g/mol. The highest BCUT2D eigenvalue weighted by molar-refractivity contribution is 8.93. The lowest BCUT2D eigenvalue weighted by Gasteiger charge is -2.00. The molecule has 0 aliphatic carbocycles. The van der Waals surface area contributed by atoms with Crippen molar-refractivity contribution in [1.29, 1.82) is 0 Å². The Bertz CT molecular complexity index is 120. The van der Waals surface area contributed by atoms with Gasteiger partial charge in [0.05, 0.1) is 6.61 Å². The van der Waals surface area contributed by atoms with E-state index in [1.54, 1.807) is 0 Å². The third kappa shape index (κ3) is 12.4. The second-order valence-corrected chi connectivity index (χ2v) is 3.34. The average Bonchev–Trinajstić information content (AvgIpc) is 2.05. The third-order valence-corrected chi connectivity index (χ3v) is 2.05. The van der Waals surface area contributed by atoms with Crippen LogP contribution in [-0.2, 0) is 9.53 Å². The van der Waals surface area contributed by atoms with Crippen molar-refractivity contribution in [2.75, 3.05) is 12.8 Å². The molecule has 0 fully saturated rings. The van der Waals surface area contributed by atoms with E-state index in [1.165, 1.54) is 19.0 Å². The van der Waals surface area contributed by atoms with Crippen molar-refractivity contribution in [1.82, 2.24) is 0 Å². The molecule has 0 rings (SSSR count). The zero-order valence-corrected chi connectivity index (χ0v) is 11.1. The molecular formula is C9H20BrO2P. The van der Waals surface area contributed by atoms with E-state index >= 15 is 0 Å². The molecule has 0 aliphatic rings. The zero-order chi connectivity index (χ0) is 9.23. The van der Waals surface area contributed by atoms with Crippen molar-refractivity contribution in [2.24, 2.45) is 0 Å². The van der Waals surface area contributed by atoms with Crippen LogP contribution in [0.2, 0.25) is 0 Å². The SMILES string of the molecule is Br.CCOC(=O)CCCCCCP. The molecule has 0 bridgehead atoms. The molecule has 13 heavy (non-hydrogen) atoms. The van der Waals surface area contributed by atoms with E-state index in [-0.39, 0.29) is 23.0 Å². The monoisotopic (exact) mass is 270 g/mol. The van der Waals surface area contributed by atoms with E-state index in [4.69, 9.17) is 4.74 Å². The normalized spacial score (nSPS) is 9.08. The maximum absolute atomic E-state index is 10.8. The number of halogens is 1. The van der Waals surface area contributed by atoms with Crippen molar-refractivity contribution < 1.29 is 9.53 Å². The first-order chi connectivity index (χ1) is 5.81. The van der Waals surface area contributed by atoms with Crippen molar-refractivity contribution in [2.45, 2.75) is 39.0 Å². The van der Waals surface area contributed by atoms with Gasteiger partial charge in [0.25, 0.3) is 0 Å². The molecule has 4 heteroatoms.